The van der Waals surface area contributed by atoms with Crippen LogP contribution >= 0.6 is 28.3 Å². The number of imide groups is 1. The lowest BCUT2D eigenvalue weighted by Crippen LogP contribution is -2.34. The minimum atomic E-state index is -0.180. The molecule has 2 heterocycles. The Morgan fingerprint density at radius 2 is 2.00 bits per heavy atom. The number of urea groups is 1. The van der Waals surface area contributed by atoms with Crippen molar-refractivity contribution in [1.29, 1.82) is 0 Å². The number of halogens is 2. The number of nitrogens with one attached hydrogen (secondary N) is 1. The fourth-order valence-corrected chi connectivity index (χ4v) is 3.73. The molecule has 0 aromatic heterocycles. The molecule has 0 bridgehead atoms. The average molecular weight is 447 g/mol. The van der Waals surface area contributed by atoms with E-state index in [0.29, 0.717) is 13.2 Å². The number of hydrogen-bond acceptors (Lipinski definition) is 4. The number of carbonyl (C=O) groups is 2. The highest BCUT2D eigenvalue weighted by molar-refractivity contribution is 9.10. The molecular formula is C18H25BrClN3O3. The second-order valence-electron chi connectivity index (χ2n) is 6.36. The van der Waals surface area contributed by atoms with Gasteiger partial charge in [-0.05, 0) is 60.3 Å². The number of hydrogen-bond donors (Lipinski definition) is 1. The normalized spacial score (nSPS) is 18.9. The Labute approximate surface area is 168 Å². The van der Waals surface area contributed by atoms with Crippen LogP contribution in [0.4, 0.5) is 4.79 Å². The Bertz CT molecular complexity index is 609. The smallest absolute Gasteiger partial charge is 0.327 e. The van der Waals surface area contributed by atoms with E-state index in [0.717, 1.165) is 55.5 Å². The van der Waals surface area contributed by atoms with E-state index in [-0.39, 0.29) is 30.4 Å². The second kappa shape index (κ2) is 10.1. The highest BCUT2D eigenvalue weighted by atomic mass is 79.9. The zero-order valence-corrected chi connectivity index (χ0v) is 17.1. The van der Waals surface area contributed by atoms with Gasteiger partial charge in [-0.2, -0.15) is 0 Å². The van der Waals surface area contributed by atoms with E-state index in [2.05, 4.69) is 21.2 Å². The summed E-state index contributed by atoms with van der Waals surface area (Å²) >= 11 is 3.45. The van der Waals surface area contributed by atoms with E-state index in [9.17, 15) is 9.59 Å². The van der Waals surface area contributed by atoms with Gasteiger partial charge in [-0.25, -0.2) is 4.79 Å². The van der Waals surface area contributed by atoms with E-state index >= 15 is 0 Å². The minimum Gasteiger partial charge on any atom is -0.491 e. The zero-order chi connectivity index (χ0) is 17.6. The average Bonchev–Trinajstić information content (AvgIpc) is 3.17. The van der Waals surface area contributed by atoms with Gasteiger partial charge >= 0.3 is 6.03 Å². The number of benzene rings is 1. The fraction of sp³-hybridized carbons (Fsp3) is 0.556. The predicted octanol–water partition coefficient (Wildman–Crippen LogP) is 3.05. The molecule has 0 radical (unpaired) electrons. The number of nitrogens with zero attached hydrogens (tertiary/aromatic N) is 2. The van der Waals surface area contributed by atoms with Crippen LogP contribution in [0.15, 0.2) is 28.7 Å². The van der Waals surface area contributed by atoms with Crippen molar-refractivity contribution in [2.75, 3.05) is 32.8 Å². The molecule has 1 aromatic rings. The van der Waals surface area contributed by atoms with Gasteiger partial charge < -0.3 is 15.0 Å². The summed E-state index contributed by atoms with van der Waals surface area (Å²) in [4.78, 5) is 27.5. The van der Waals surface area contributed by atoms with Crippen molar-refractivity contribution in [2.24, 2.45) is 0 Å². The largest absolute Gasteiger partial charge is 0.491 e. The van der Waals surface area contributed by atoms with Gasteiger partial charge in [0.05, 0.1) is 4.47 Å². The summed E-state index contributed by atoms with van der Waals surface area (Å²) in [5, 5.41) is 3.32. The van der Waals surface area contributed by atoms with Gasteiger partial charge in [-0.15, -0.1) is 12.4 Å². The predicted molar refractivity (Wildman–Crippen MR) is 106 cm³/mol. The maximum Gasteiger partial charge on any atom is 0.327 e. The van der Waals surface area contributed by atoms with Crippen molar-refractivity contribution in [3.63, 3.8) is 0 Å². The van der Waals surface area contributed by atoms with Crippen LogP contribution in [0.2, 0.25) is 0 Å². The van der Waals surface area contributed by atoms with Crippen molar-refractivity contribution >= 4 is 40.3 Å². The third-order valence-electron chi connectivity index (χ3n) is 4.64. The van der Waals surface area contributed by atoms with Crippen LogP contribution in [-0.4, -0.2) is 60.6 Å². The van der Waals surface area contributed by atoms with Gasteiger partial charge in [0.25, 0.3) is 5.91 Å². The van der Waals surface area contributed by atoms with Crippen LogP contribution in [0.1, 0.15) is 25.7 Å². The molecule has 1 aromatic carbocycles. The van der Waals surface area contributed by atoms with Gasteiger partial charge in [-0.3, -0.25) is 9.69 Å². The Morgan fingerprint density at radius 1 is 1.19 bits per heavy atom. The fourth-order valence-electron chi connectivity index (χ4n) is 3.33. The summed E-state index contributed by atoms with van der Waals surface area (Å²) in [5.74, 6) is 0.841. The van der Waals surface area contributed by atoms with Crippen molar-refractivity contribution in [3.05, 3.63) is 28.7 Å². The van der Waals surface area contributed by atoms with Crippen LogP contribution in [0.3, 0.4) is 0 Å². The van der Waals surface area contributed by atoms with Crippen LogP contribution in [0.5, 0.6) is 5.75 Å². The van der Waals surface area contributed by atoms with Gasteiger partial charge in [-0.1, -0.05) is 12.1 Å². The van der Waals surface area contributed by atoms with Crippen molar-refractivity contribution in [2.45, 2.75) is 31.7 Å². The highest BCUT2D eigenvalue weighted by Crippen LogP contribution is 2.27. The molecular weight excluding hydrogens is 422 g/mol. The number of amides is 3. The van der Waals surface area contributed by atoms with Crippen LogP contribution in [0.25, 0.3) is 0 Å². The van der Waals surface area contributed by atoms with E-state index < -0.39 is 0 Å². The molecule has 1 N–H and O–H groups in total. The summed E-state index contributed by atoms with van der Waals surface area (Å²) in [6.45, 7) is 3.47. The van der Waals surface area contributed by atoms with Gasteiger partial charge in [0.15, 0.2) is 0 Å². The van der Waals surface area contributed by atoms with Crippen LogP contribution < -0.4 is 10.1 Å². The summed E-state index contributed by atoms with van der Waals surface area (Å²) in [6, 6.07) is 7.50. The topological polar surface area (TPSA) is 61.9 Å². The lowest BCUT2D eigenvalue weighted by molar-refractivity contribution is -0.128. The monoisotopic (exact) mass is 445 g/mol. The molecule has 3 amide bonds. The number of para-hydroxylation sites is 1. The number of rotatable bonds is 9. The molecule has 144 valence electrons. The third kappa shape index (κ3) is 4.90. The molecule has 1 unspecified atom stereocenters. The quantitative estimate of drug-likeness (QED) is 0.468. The molecule has 0 spiro atoms. The van der Waals surface area contributed by atoms with Crippen LogP contribution in [0, 0.1) is 0 Å². The Balaban J connectivity index is 0.00000243. The Morgan fingerprint density at radius 3 is 2.77 bits per heavy atom. The van der Waals surface area contributed by atoms with E-state index in [1.807, 2.05) is 24.3 Å². The molecule has 2 saturated heterocycles. The van der Waals surface area contributed by atoms with Gasteiger partial charge in [0.1, 0.15) is 18.4 Å². The van der Waals surface area contributed by atoms with Gasteiger partial charge in [0.2, 0.25) is 0 Å². The Hall–Kier alpha value is -1.31. The van der Waals surface area contributed by atoms with E-state index in [4.69, 9.17) is 4.74 Å². The number of ether oxygens (including phenoxy) is 1. The number of unbranched alkanes of at least 4 members (excludes halogenated alkanes) is 1. The van der Waals surface area contributed by atoms with E-state index in [1.54, 1.807) is 4.90 Å². The van der Waals surface area contributed by atoms with Crippen LogP contribution in [-0.2, 0) is 4.79 Å². The summed E-state index contributed by atoms with van der Waals surface area (Å²) in [5.41, 5.74) is 0. The van der Waals surface area contributed by atoms with Gasteiger partial charge in [0, 0.05) is 19.6 Å². The number of carbonyl (C=O) groups excluding carboxylic acids is 2. The summed E-state index contributed by atoms with van der Waals surface area (Å²) < 4.78 is 6.64. The minimum absolute atomic E-state index is 0. The highest BCUT2D eigenvalue weighted by Gasteiger charge is 2.46. The summed E-state index contributed by atoms with van der Waals surface area (Å²) in [7, 11) is 0. The van der Waals surface area contributed by atoms with Crippen molar-refractivity contribution < 1.29 is 14.3 Å². The molecule has 26 heavy (non-hydrogen) atoms. The molecule has 0 saturated carbocycles. The zero-order valence-electron chi connectivity index (χ0n) is 14.7. The van der Waals surface area contributed by atoms with Crippen molar-refractivity contribution in [3.8, 4) is 5.75 Å². The molecule has 2 fully saturated rings. The maximum atomic E-state index is 12.2. The SMILES string of the molecule is Cl.O=C1C2CCCN2C(=O)N1CCCCNCCOc1ccccc1Br. The number of fused-ring (bicyclic) bond motifs is 1. The molecule has 1 atom stereocenters. The van der Waals surface area contributed by atoms with Crippen molar-refractivity contribution in [1.82, 2.24) is 15.1 Å². The molecule has 3 rings (SSSR count). The lowest BCUT2D eigenvalue weighted by Gasteiger charge is -2.15. The first-order valence-electron chi connectivity index (χ1n) is 8.88. The first kappa shape index (κ1) is 21.0. The molecule has 2 aliphatic rings. The maximum absolute atomic E-state index is 12.2. The molecule has 8 heteroatoms. The third-order valence-corrected chi connectivity index (χ3v) is 5.29. The lowest BCUT2D eigenvalue weighted by atomic mass is 10.2. The standard InChI is InChI=1S/C18H24BrN3O3.ClH/c19-14-6-1-2-8-16(14)25-13-10-20-9-3-4-11-22-17(23)15-7-5-12-21(15)18(22)24;/h1-2,6,8,15,20H,3-5,7,9-13H2;1H. The summed E-state index contributed by atoms with van der Waals surface area (Å²) in [6.07, 6.45) is 3.52. The Kier molecular flexibility index (Phi) is 8.18. The first-order chi connectivity index (χ1) is 12.2. The first-order valence-corrected chi connectivity index (χ1v) is 9.68. The molecule has 6 nitrogen and oxygen atoms in total. The molecule has 0 aliphatic carbocycles. The molecule has 2 aliphatic heterocycles. The van der Waals surface area contributed by atoms with E-state index in [1.165, 1.54) is 4.90 Å². The second-order valence-corrected chi connectivity index (χ2v) is 7.21.